The lowest BCUT2D eigenvalue weighted by Gasteiger charge is -2.17. The van der Waals surface area contributed by atoms with Crippen molar-refractivity contribution in [1.82, 2.24) is 15.4 Å². The highest BCUT2D eigenvalue weighted by atomic mass is 127. The number of nitrogens with one attached hydrogen (secondary N) is 3. The molecule has 1 aromatic carbocycles. The first kappa shape index (κ1) is 27.1. The summed E-state index contributed by atoms with van der Waals surface area (Å²) in [4.78, 5) is 4.55. The van der Waals surface area contributed by atoms with Crippen molar-refractivity contribution in [3.05, 3.63) is 29.8 Å². The Balaban J connectivity index is 0.00000729. The minimum Gasteiger partial charge on any atom is -0.357 e. The number of aliphatic imine (C=N–C) groups is 1. The average molecular weight is 546 g/mol. The molecule has 0 saturated heterocycles. The molecule has 1 aromatic rings. The van der Waals surface area contributed by atoms with Crippen molar-refractivity contribution < 1.29 is 16.8 Å². The van der Waals surface area contributed by atoms with E-state index in [1.807, 2.05) is 20.8 Å². The fraction of sp³-hybridized carbons (Fsp3) is 0.588. The van der Waals surface area contributed by atoms with Crippen molar-refractivity contribution in [2.75, 3.05) is 31.6 Å². The molecule has 1 atom stereocenters. The molecule has 0 saturated carbocycles. The van der Waals surface area contributed by atoms with Crippen LogP contribution in [0.2, 0.25) is 0 Å². The number of halogens is 1. The molecule has 11 heteroatoms. The highest BCUT2D eigenvalue weighted by Crippen LogP contribution is 2.09. The summed E-state index contributed by atoms with van der Waals surface area (Å²) in [6.45, 7) is 6.73. The summed E-state index contributed by atoms with van der Waals surface area (Å²) in [5, 5.41) is 6.18. The molecule has 0 aromatic heterocycles. The van der Waals surface area contributed by atoms with Crippen LogP contribution in [0.5, 0.6) is 0 Å². The van der Waals surface area contributed by atoms with E-state index in [2.05, 4.69) is 20.3 Å². The molecule has 162 valence electrons. The van der Waals surface area contributed by atoms with Crippen molar-refractivity contribution in [1.29, 1.82) is 0 Å². The third-order valence-electron chi connectivity index (χ3n) is 3.65. The number of nitrogens with zero attached hydrogens (tertiary/aromatic N) is 1. The lowest BCUT2D eigenvalue weighted by Crippen LogP contribution is -2.43. The van der Waals surface area contributed by atoms with Gasteiger partial charge in [-0.2, -0.15) is 0 Å². The van der Waals surface area contributed by atoms with Gasteiger partial charge in [0.1, 0.15) is 9.84 Å². The topological polar surface area (TPSA) is 117 Å². The second-order valence-corrected chi connectivity index (χ2v) is 10.5. The number of hydrogen-bond donors (Lipinski definition) is 3. The largest absolute Gasteiger partial charge is 0.357 e. The Morgan fingerprint density at radius 1 is 1.14 bits per heavy atom. The maximum Gasteiger partial charge on any atom is 0.240 e. The van der Waals surface area contributed by atoms with Crippen LogP contribution in [-0.4, -0.2) is 60.5 Å². The molecule has 0 aliphatic carbocycles. The smallest absolute Gasteiger partial charge is 0.240 e. The number of aryl methyl sites for hydroxylation is 1. The van der Waals surface area contributed by atoms with E-state index >= 15 is 0 Å². The van der Waals surface area contributed by atoms with Gasteiger partial charge in [0.15, 0.2) is 5.96 Å². The number of rotatable bonds is 10. The number of sulfone groups is 1. The van der Waals surface area contributed by atoms with Gasteiger partial charge in [-0.3, -0.25) is 4.99 Å². The van der Waals surface area contributed by atoms with Crippen LogP contribution in [0.25, 0.3) is 0 Å². The fourth-order valence-electron chi connectivity index (χ4n) is 2.16. The van der Waals surface area contributed by atoms with E-state index in [0.717, 1.165) is 5.56 Å². The second-order valence-electron chi connectivity index (χ2n) is 6.44. The van der Waals surface area contributed by atoms with Crippen LogP contribution in [-0.2, 0) is 19.9 Å². The number of benzene rings is 1. The van der Waals surface area contributed by atoms with Crippen LogP contribution >= 0.6 is 24.0 Å². The molecule has 0 aliphatic rings. The first-order chi connectivity index (χ1) is 12.5. The van der Waals surface area contributed by atoms with Crippen LogP contribution in [0.4, 0.5) is 0 Å². The molecule has 0 aliphatic heterocycles. The summed E-state index contributed by atoms with van der Waals surface area (Å²) in [7, 11) is -6.57. The lowest BCUT2D eigenvalue weighted by atomic mass is 10.2. The molecule has 0 fully saturated rings. The van der Waals surface area contributed by atoms with E-state index in [4.69, 9.17) is 0 Å². The monoisotopic (exact) mass is 546 g/mol. The second kappa shape index (κ2) is 12.6. The first-order valence-corrected chi connectivity index (χ1v) is 12.4. The standard InChI is InChI=1S/C17H30N4O4S2.HI/c1-5-18-17(21-15(3)10-13-26(4,22)23)19-11-12-20-27(24,25)16-8-6-14(2)7-9-16;/h6-9,15,20H,5,10-13H2,1-4H3,(H2,18,19,21);1H. The Bertz CT molecular complexity index is 825. The van der Waals surface area contributed by atoms with Crippen molar-refractivity contribution in [2.45, 2.75) is 38.1 Å². The van der Waals surface area contributed by atoms with Crippen LogP contribution in [0.3, 0.4) is 0 Å². The zero-order valence-electron chi connectivity index (χ0n) is 16.7. The van der Waals surface area contributed by atoms with Crippen molar-refractivity contribution in [2.24, 2.45) is 4.99 Å². The number of hydrogen-bond acceptors (Lipinski definition) is 5. The van der Waals surface area contributed by atoms with Crippen LogP contribution in [0.1, 0.15) is 25.8 Å². The maximum atomic E-state index is 12.2. The third kappa shape index (κ3) is 11.2. The summed E-state index contributed by atoms with van der Waals surface area (Å²) in [6, 6.07) is 6.54. The molecule has 28 heavy (non-hydrogen) atoms. The molecular formula is C17H31IN4O4S2. The van der Waals surface area contributed by atoms with Crippen molar-refractivity contribution >= 4 is 49.8 Å². The quantitative estimate of drug-likeness (QED) is 0.176. The summed E-state index contributed by atoms with van der Waals surface area (Å²) in [5.41, 5.74) is 0.991. The Morgan fingerprint density at radius 3 is 2.29 bits per heavy atom. The number of guanidine groups is 1. The Morgan fingerprint density at radius 2 is 1.75 bits per heavy atom. The van der Waals surface area contributed by atoms with E-state index < -0.39 is 19.9 Å². The highest BCUT2D eigenvalue weighted by molar-refractivity contribution is 14.0. The van der Waals surface area contributed by atoms with Gasteiger partial charge in [0.05, 0.1) is 17.2 Å². The predicted octanol–water partition coefficient (Wildman–Crippen LogP) is 1.27. The zero-order valence-corrected chi connectivity index (χ0v) is 20.7. The van der Waals surface area contributed by atoms with Gasteiger partial charge in [-0.05, 0) is 39.3 Å². The van der Waals surface area contributed by atoms with Crippen LogP contribution in [0, 0.1) is 6.92 Å². The molecule has 0 radical (unpaired) electrons. The summed E-state index contributed by atoms with van der Waals surface area (Å²) in [5.74, 6) is 0.615. The van der Waals surface area contributed by atoms with Crippen LogP contribution < -0.4 is 15.4 Å². The van der Waals surface area contributed by atoms with E-state index in [1.54, 1.807) is 24.3 Å². The van der Waals surface area contributed by atoms with Gasteiger partial charge in [-0.1, -0.05) is 17.7 Å². The first-order valence-electron chi connectivity index (χ1n) is 8.82. The molecule has 3 N–H and O–H groups in total. The molecule has 0 amide bonds. The Labute approximate surface area is 186 Å². The molecular weight excluding hydrogens is 515 g/mol. The van der Waals surface area contributed by atoms with Gasteiger partial charge in [0.25, 0.3) is 0 Å². The summed E-state index contributed by atoms with van der Waals surface area (Å²) < 4.78 is 49.5. The summed E-state index contributed by atoms with van der Waals surface area (Å²) in [6.07, 6.45) is 1.67. The zero-order chi connectivity index (χ0) is 20.5. The van der Waals surface area contributed by atoms with Crippen LogP contribution in [0.15, 0.2) is 34.2 Å². The highest BCUT2D eigenvalue weighted by Gasteiger charge is 2.13. The number of sulfonamides is 1. The van der Waals surface area contributed by atoms with E-state index in [1.165, 1.54) is 6.26 Å². The maximum absolute atomic E-state index is 12.2. The molecule has 8 nitrogen and oxygen atoms in total. The van der Waals surface area contributed by atoms with E-state index in [-0.39, 0.29) is 53.8 Å². The Hall–Kier alpha value is -0.920. The Kier molecular flexibility index (Phi) is 12.2. The molecule has 0 heterocycles. The minimum atomic E-state index is -3.56. The van der Waals surface area contributed by atoms with Gasteiger partial charge in [0.2, 0.25) is 10.0 Å². The molecule has 1 rings (SSSR count). The fourth-order valence-corrected chi connectivity index (χ4v) is 3.97. The normalized spacial score (nSPS) is 13.5. The van der Waals surface area contributed by atoms with Gasteiger partial charge in [-0.15, -0.1) is 24.0 Å². The van der Waals surface area contributed by atoms with Gasteiger partial charge >= 0.3 is 0 Å². The lowest BCUT2D eigenvalue weighted by molar-refractivity contribution is 0.580. The van der Waals surface area contributed by atoms with Crippen molar-refractivity contribution in [3.63, 3.8) is 0 Å². The van der Waals surface area contributed by atoms with E-state index in [9.17, 15) is 16.8 Å². The third-order valence-corrected chi connectivity index (χ3v) is 6.11. The summed E-state index contributed by atoms with van der Waals surface area (Å²) >= 11 is 0. The van der Waals surface area contributed by atoms with Gasteiger partial charge < -0.3 is 10.6 Å². The molecule has 0 bridgehead atoms. The minimum absolute atomic E-state index is 0. The SMILES string of the molecule is CCNC(=NCCNS(=O)(=O)c1ccc(C)cc1)NC(C)CCS(C)(=O)=O.I. The average Bonchev–Trinajstić information content (AvgIpc) is 2.57. The van der Waals surface area contributed by atoms with E-state index in [0.29, 0.717) is 18.9 Å². The van der Waals surface area contributed by atoms with Gasteiger partial charge in [0, 0.05) is 25.4 Å². The molecule has 0 spiro atoms. The van der Waals surface area contributed by atoms with Gasteiger partial charge in [-0.25, -0.2) is 21.6 Å². The predicted molar refractivity (Wildman–Crippen MR) is 125 cm³/mol. The molecule has 1 unspecified atom stereocenters. The van der Waals surface area contributed by atoms with Crippen molar-refractivity contribution in [3.8, 4) is 0 Å².